The molecule has 0 saturated carbocycles. The smallest absolute Gasteiger partial charge is 0.276 e. The molecule has 0 aromatic carbocycles. The van der Waals surface area contributed by atoms with Crippen molar-refractivity contribution in [2.45, 2.75) is 26.3 Å². The average molecular weight is 263 g/mol. The van der Waals surface area contributed by atoms with Crippen LogP contribution in [-0.4, -0.2) is 58.0 Å². The Morgan fingerprint density at radius 3 is 2.68 bits per heavy atom. The van der Waals surface area contributed by atoms with Crippen molar-refractivity contribution in [3.63, 3.8) is 0 Å². The third-order valence-corrected chi connectivity index (χ3v) is 3.80. The van der Waals surface area contributed by atoms with Crippen molar-refractivity contribution in [2.75, 3.05) is 26.2 Å². The van der Waals surface area contributed by atoms with Crippen molar-refractivity contribution in [2.24, 2.45) is 0 Å². The van der Waals surface area contributed by atoms with Crippen LogP contribution in [0.4, 0.5) is 0 Å². The van der Waals surface area contributed by atoms with Gasteiger partial charge in [-0.05, 0) is 25.5 Å². The van der Waals surface area contributed by atoms with Gasteiger partial charge in [-0.3, -0.25) is 9.69 Å². The third-order valence-electron chi connectivity index (χ3n) is 3.80. The van der Waals surface area contributed by atoms with Gasteiger partial charge in [0.05, 0.1) is 0 Å². The molecule has 1 aromatic heterocycles. The van der Waals surface area contributed by atoms with Crippen molar-refractivity contribution in [1.29, 1.82) is 0 Å². The first kappa shape index (κ1) is 13.8. The van der Waals surface area contributed by atoms with Gasteiger partial charge in [-0.1, -0.05) is 6.92 Å². The van der Waals surface area contributed by atoms with Gasteiger partial charge in [0.25, 0.3) is 5.91 Å². The van der Waals surface area contributed by atoms with E-state index >= 15 is 0 Å². The molecule has 1 amide bonds. The van der Waals surface area contributed by atoms with E-state index < -0.39 is 0 Å². The minimum Gasteiger partial charge on any atom is -0.505 e. The van der Waals surface area contributed by atoms with Crippen LogP contribution in [0.5, 0.6) is 5.75 Å². The molecule has 1 unspecified atom stereocenters. The van der Waals surface area contributed by atoms with E-state index in [1.165, 1.54) is 12.3 Å². The van der Waals surface area contributed by atoms with E-state index in [-0.39, 0.29) is 17.4 Å². The Hall–Kier alpha value is -1.62. The number of carbonyl (C=O) groups is 1. The molecule has 1 N–H and O–H groups in total. The maximum absolute atomic E-state index is 12.3. The molecule has 5 nitrogen and oxygen atoms in total. The quantitative estimate of drug-likeness (QED) is 0.894. The fourth-order valence-corrected chi connectivity index (χ4v) is 2.34. The van der Waals surface area contributed by atoms with Crippen LogP contribution in [-0.2, 0) is 0 Å². The van der Waals surface area contributed by atoms with Gasteiger partial charge in [-0.15, -0.1) is 0 Å². The van der Waals surface area contributed by atoms with Crippen LogP contribution < -0.4 is 0 Å². The van der Waals surface area contributed by atoms with Crippen LogP contribution in [0, 0.1) is 0 Å². The van der Waals surface area contributed by atoms with Crippen LogP contribution in [0.2, 0.25) is 0 Å². The van der Waals surface area contributed by atoms with Gasteiger partial charge >= 0.3 is 0 Å². The molecule has 1 aliphatic rings. The SMILES string of the molecule is CCC(C)N1CCN(C(=O)c2ncccc2O)CC1. The Labute approximate surface area is 113 Å². The summed E-state index contributed by atoms with van der Waals surface area (Å²) < 4.78 is 0. The summed E-state index contributed by atoms with van der Waals surface area (Å²) in [5.41, 5.74) is 0.152. The fraction of sp³-hybridized carbons (Fsp3) is 0.571. The van der Waals surface area contributed by atoms with Crippen molar-refractivity contribution in [3.05, 3.63) is 24.0 Å². The molecule has 1 aliphatic heterocycles. The summed E-state index contributed by atoms with van der Waals surface area (Å²) in [6, 6.07) is 3.67. The van der Waals surface area contributed by atoms with E-state index in [0.717, 1.165) is 19.5 Å². The number of aromatic nitrogens is 1. The summed E-state index contributed by atoms with van der Waals surface area (Å²) in [5, 5.41) is 9.67. The number of hydrogen-bond acceptors (Lipinski definition) is 4. The summed E-state index contributed by atoms with van der Waals surface area (Å²) in [4.78, 5) is 20.4. The summed E-state index contributed by atoms with van der Waals surface area (Å²) in [7, 11) is 0. The third kappa shape index (κ3) is 3.04. The first-order valence-electron chi connectivity index (χ1n) is 6.80. The highest BCUT2D eigenvalue weighted by molar-refractivity contribution is 5.94. The lowest BCUT2D eigenvalue weighted by Gasteiger charge is -2.37. The molecule has 104 valence electrons. The molecular weight excluding hydrogens is 242 g/mol. The van der Waals surface area contributed by atoms with Crippen molar-refractivity contribution >= 4 is 5.91 Å². The molecule has 0 bridgehead atoms. The lowest BCUT2D eigenvalue weighted by atomic mass is 10.2. The Bertz CT molecular complexity index is 442. The van der Waals surface area contributed by atoms with Crippen molar-refractivity contribution in [3.8, 4) is 5.75 Å². The molecule has 1 saturated heterocycles. The number of hydrogen-bond donors (Lipinski definition) is 1. The number of piperazine rings is 1. The molecule has 2 rings (SSSR count). The summed E-state index contributed by atoms with van der Waals surface area (Å²) in [5.74, 6) is -0.223. The van der Waals surface area contributed by atoms with Crippen LogP contribution >= 0.6 is 0 Å². The van der Waals surface area contributed by atoms with E-state index in [1.807, 2.05) is 0 Å². The van der Waals surface area contributed by atoms with Crippen LogP contribution in [0.15, 0.2) is 18.3 Å². The van der Waals surface area contributed by atoms with Crippen molar-refractivity contribution in [1.82, 2.24) is 14.8 Å². The lowest BCUT2D eigenvalue weighted by molar-refractivity contribution is 0.0571. The number of pyridine rings is 1. The Morgan fingerprint density at radius 2 is 2.11 bits per heavy atom. The molecule has 1 aromatic rings. The maximum Gasteiger partial charge on any atom is 0.276 e. The monoisotopic (exact) mass is 263 g/mol. The standard InChI is InChI=1S/C14H21N3O2/c1-3-11(2)16-7-9-17(10-8-16)14(19)13-12(18)5-4-6-15-13/h4-6,11,18H,3,7-10H2,1-2H3. The zero-order valence-corrected chi connectivity index (χ0v) is 11.5. The predicted molar refractivity (Wildman–Crippen MR) is 73.1 cm³/mol. The van der Waals surface area contributed by atoms with Crippen LogP contribution in [0.25, 0.3) is 0 Å². The number of aromatic hydroxyl groups is 1. The average Bonchev–Trinajstić information content (AvgIpc) is 2.46. The number of nitrogens with zero attached hydrogens (tertiary/aromatic N) is 3. The zero-order valence-electron chi connectivity index (χ0n) is 11.5. The summed E-state index contributed by atoms with van der Waals surface area (Å²) in [6.45, 7) is 7.54. The first-order chi connectivity index (χ1) is 9.13. The topological polar surface area (TPSA) is 56.7 Å². The van der Waals surface area contributed by atoms with Gasteiger partial charge in [0, 0.05) is 38.4 Å². The second-order valence-corrected chi connectivity index (χ2v) is 4.96. The van der Waals surface area contributed by atoms with Crippen molar-refractivity contribution < 1.29 is 9.90 Å². The van der Waals surface area contributed by atoms with Gasteiger partial charge in [0.2, 0.25) is 0 Å². The molecular formula is C14H21N3O2. The fourth-order valence-electron chi connectivity index (χ4n) is 2.34. The van der Waals surface area contributed by atoms with Gasteiger partial charge in [0.1, 0.15) is 5.75 Å². The largest absolute Gasteiger partial charge is 0.505 e. The van der Waals surface area contributed by atoms with Gasteiger partial charge in [0.15, 0.2) is 5.69 Å². The maximum atomic E-state index is 12.3. The highest BCUT2D eigenvalue weighted by atomic mass is 16.3. The normalized spacial score (nSPS) is 18.3. The first-order valence-corrected chi connectivity index (χ1v) is 6.80. The van der Waals surface area contributed by atoms with Crippen LogP contribution in [0.1, 0.15) is 30.8 Å². The minimum absolute atomic E-state index is 0.0446. The molecule has 0 radical (unpaired) electrons. The van der Waals surface area contributed by atoms with Gasteiger partial charge < -0.3 is 10.0 Å². The Kier molecular flexibility index (Phi) is 4.37. The second-order valence-electron chi connectivity index (χ2n) is 4.96. The highest BCUT2D eigenvalue weighted by Gasteiger charge is 2.26. The number of carbonyl (C=O) groups excluding carboxylic acids is 1. The van der Waals surface area contributed by atoms with E-state index in [1.54, 1.807) is 11.0 Å². The number of amides is 1. The molecule has 0 spiro atoms. The van der Waals surface area contributed by atoms with E-state index in [0.29, 0.717) is 19.1 Å². The Balaban J connectivity index is 1.98. The van der Waals surface area contributed by atoms with Crippen LogP contribution in [0.3, 0.4) is 0 Å². The van der Waals surface area contributed by atoms with Gasteiger partial charge in [-0.2, -0.15) is 0 Å². The summed E-state index contributed by atoms with van der Waals surface area (Å²) >= 11 is 0. The predicted octanol–water partition coefficient (Wildman–Crippen LogP) is 1.34. The zero-order chi connectivity index (χ0) is 13.8. The number of rotatable bonds is 3. The molecule has 1 fully saturated rings. The van der Waals surface area contributed by atoms with E-state index in [2.05, 4.69) is 23.7 Å². The molecule has 0 aliphatic carbocycles. The summed E-state index contributed by atoms with van der Waals surface area (Å²) in [6.07, 6.45) is 2.65. The van der Waals surface area contributed by atoms with Gasteiger partial charge in [-0.25, -0.2) is 4.98 Å². The molecule has 5 heteroatoms. The van der Waals surface area contributed by atoms with E-state index in [9.17, 15) is 9.90 Å². The highest BCUT2D eigenvalue weighted by Crippen LogP contribution is 2.17. The Morgan fingerprint density at radius 1 is 1.42 bits per heavy atom. The van der Waals surface area contributed by atoms with E-state index in [4.69, 9.17) is 0 Å². The molecule has 19 heavy (non-hydrogen) atoms. The minimum atomic E-state index is -0.179. The second kappa shape index (κ2) is 6.02. The molecule has 2 heterocycles. The lowest BCUT2D eigenvalue weighted by Crippen LogP contribution is -2.51. The molecule has 1 atom stereocenters.